The van der Waals surface area contributed by atoms with Crippen LogP contribution in [0.15, 0.2) is 30.4 Å². The molecule has 1 saturated heterocycles. The van der Waals surface area contributed by atoms with E-state index in [-0.39, 0.29) is 5.91 Å². The van der Waals surface area contributed by atoms with Crippen molar-refractivity contribution in [3.05, 3.63) is 35.9 Å². The average molecular weight is 447 g/mol. The molecule has 3 unspecified atom stereocenters. The molecule has 0 spiro atoms. The van der Waals surface area contributed by atoms with Crippen molar-refractivity contribution >= 4 is 17.8 Å². The average Bonchev–Trinajstić information content (AvgIpc) is 3.42. The van der Waals surface area contributed by atoms with Crippen LogP contribution in [0.5, 0.6) is 11.5 Å². The van der Waals surface area contributed by atoms with Gasteiger partial charge in [0.2, 0.25) is 0 Å². The van der Waals surface area contributed by atoms with Gasteiger partial charge < -0.3 is 24.6 Å². The largest absolute Gasteiger partial charge is 0.493 e. The molecule has 174 valence electrons. The van der Waals surface area contributed by atoms with Crippen LogP contribution in [0.1, 0.15) is 23.2 Å². The second-order valence-electron chi connectivity index (χ2n) is 8.28. The van der Waals surface area contributed by atoms with Gasteiger partial charge in [-0.25, -0.2) is 9.59 Å². The van der Waals surface area contributed by atoms with Gasteiger partial charge in [-0.1, -0.05) is 18.2 Å². The molecular weight excluding hydrogens is 416 g/mol. The third-order valence-corrected chi connectivity index (χ3v) is 6.38. The Morgan fingerprint density at radius 3 is 2.16 bits per heavy atom. The molecule has 9 heteroatoms. The number of carboxylic acid groups (broad SMARTS) is 2. The van der Waals surface area contributed by atoms with E-state index in [2.05, 4.69) is 17.1 Å². The highest BCUT2D eigenvalue weighted by atomic mass is 16.5. The number of benzene rings is 1. The highest BCUT2D eigenvalue weighted by Gasteiger charge is 2.37. The maximum Gasteiger partial charge on any atom is 0.414 e. The number of rotatable bonds is 5. The number of carboxylic acids is 2. The topological polar surface area (TPSA) is 117 Å². The van der Waals surface area contributed by atoms with Crippen molar-refractivity contribution in [2.75, 3.05) is 46.9 Å². The first-order chi connectivity index (χ1) is 15.3. The standard InChI is InChI=1S/C21H28N2O3.C2H2O4/c1-25-19-5-3-4-18(20(19)26-2)21(24)23-10-8-22(9-11-23)14-17-13-15-6-7-16(17)12-15;3-1(4)2(5)6/h3-7,15-17H,8-14H2,1-2H3;(H,3,4)(H,5,6). The van der Waals surface area contributed by atoms with Crippen LogP contribution in [0.3, 0.4) is 0 Å². The van der Waals surface area contributed by atoms with Gasteiger partial charge in [-0.05, 0) is 42.7 Å². The first-order valence-electron chi connectivity index (χ1n) is 10.7. The number of nitrogens with zero attached hydrogens (tertiary/aromatic N) is 2. The van der Waals surface area contributed by atoms with E-state index >= 15 is 0 Å². The van der Waals surface area contributed by atoms with E-state index < -0.39 is 11.9 Å². The zero-order chi connectivity index (χ0) is 23.3. The van der Waals surface area contributed by atoms with Crippen molar-refractivity contribution in [3.8, 4) is 11.5 Å². The van der Waals surface area contributed by atoms with Gasteiger partial charge in [-0.2, -0.15) is 0 Å². The number of amides is 1. The molecule has 2 aliphatic carbocycles. The fourth-order valence-corrected chi connectivity index (χ4v) is 4.80. The minimum Gasteiger partial charge on any atom is -0.493 e. The van der Waals surface area contributed by atoms with Gasteiger partial charge in [0, 0.05) is 32.7 Å². The number of carbonyl (C=O) groups is 3. The smallest absolute Gasteiger partial charge is 0.414 e. The zero-order valence-electron chi connectivity index (χ0n) is 18.4. The highest BCUT2D eigenvalue weighted by molar-refractivity contribution is 6.27. The predicted molar refractivity (Wildman–Crippen MR) is 116 cm³/mol. The predicted octanol–water partition coefficient (Wildman–Crippen LogP) is 1.83. The molecule has 1 aromatic rings. The van der Waals surface area contributed by atoms with Crippen molar-refractivity contribution in [2.24, 2.45) is 17.8 Å². The first-order valence-corrected chi connectivity index (χ1v) is 10.7. The molecule has 32 heavy (non-hydrogen) atoms. The number of aliphatic carboxylic acids is 2. The molecule has 2 bridgehead atoms. The molecule has 1 aromatic carbocycles. The zero-order valence-corrected chi connectivity index (χ0v) is 18.4. The monoisotopic (exact) mass is 446 g/mol. The summed E-state index contributed by atoms with van der Waals surface area (Å²) in [6, 6.07) is 5.47. The summed E-state index contributed by atoms with van der Waals surface area (Å²) in [5.74, 6) is -0.0642. The van der Waals surface area contributed by atoms with Crippen molar-refractivity contribution in [1.82, 2.24) is 9.80 Å². The molecule has 2 N–H and O–H groups in total. The van der Waals surface area contributed by atoms with E-state index in [1.54, 1.807) is 14.2 Å². The molecule has 4 rings (SSSR count). The van der Waals surface area contributed by atoms with Gasteiger partial charge in [0.1, 0.15) is 0 Å². The fourth-order valence-electron chi connectivity index (χ4n) is 4.80. The lowest BCUT2D eigenvalue weighted by Crippen LogP contribution is -2.50. The van der Waals surface area contributed by atoms with Crippen LogP contribution >= 0.6 is 0 Å². The Labute approximate surface area is 187 Å². The Balaban J connectivity index is 0.000000427. The number of ether oxygens (including phenoxy) is 2. The van der Waals surface area contributed by atoms with Crippen LogP contribution in [0, 0.1) is 17.8 Å². The minimum absolute atomic E-state index is 0.0308. The summed E-state index contributed by atoms with van der Waals surface area (Å²) in [5, 5.41) is 14.8. The molecule has 1 amide bonds. The Kier molecular flexibility index (Phi) is 7.74. The van der Waals surface area contributed by atoms with E-state index in [4.69, 9.17) is 29.3 Å². The lowest BCUT2D eigenvalue weighted by Gasteiger charge is -2.37. The van der Waals surface area contributed by atoms with Crippen LogP contribution in [0.25, 0.3) is 0 Å². The Hall–Kier alpha value is -3.07. The van der Waals surface area contributed by atoms with Crippen LogP contribution in [-0.2, 0) is 9.59 Å². The number of para-hydroxylation sites is 1. The molecule has 3 aliphatic rings. The van der Waals surface area contributed by atoms with Crippen molar-refractivity contribution in [1.29, 1.82) is 0 Å². The molecule has 2 fully saturated rings. The van der Waals surface area contributed by atoms with Gasteiger partial charge in [0.15, 0.2) is 11.5 Å². The van der Waals surface area contributed by atoms with E-state index in [1.807, 2.05) is 23.1 Å². The quantitative estimate of drug-likeness (QED) is 0.520. The number of piperazine rings is 1. The van der Waals surface area contributed by atoms with Gasteiger partial charge >= 0.3 is 11.9 Å². The fraction of sp³-hybridized carbons (Fsp3) is 0.522. The molecular formula is C23H30N2O7. The second kappa shape index (κ2) is 10.5. The van der Waals surface area contributed by atoms with E-state index in [9.17, 15) is 4.79 Å². The van der Waals surface area contributed by atoms with Crippen LogP contribution in [-0.4, -0.2) is 84.8 Å². The van der Waals surface area contributed by atoms with E-state index in [1.165, 1.54) is 19.4 Å². The molecule has 0 radical (unpaired) electrons. The number of hydrogen-bond acceptors (Lipinski definition) is 6. The van der Waals surface area contributed by atoms with Crippen molar-refractivity contribution in [3.63, 3.8) is 0 Å². The molecule has 9 nitrogen and oxygen atoms in total. The Morgan fingerprint density at radius 1 is 0.969 bits per heavy atom. The van der Waals surface area contributed by atoms with E-state index in [0.717, 1.165) is 43.9 Å². The SMILES string of the molecule is COc1cccc(C(=O)N2CCN(CC3CC4C=CC3C4)CC2)c1OC.O=C(O)C(=O)O. The molecule has 0 aromatic heterocycles. The van der Waals surface area contributed by atoms with Crippen molar-refractivity contribution in [2.45, 2.75) is 12.8 Å². The summed E-state index contributed by atoms with van der Waals surface area (Å²) in [7, 11) is 3.17. The highest BCUT2D eigenvalue weighted by Crippen LogP contribution is 2.43. The van der Waals surface area contributed by atoms with Crippen LogP contribution < -0.4 is 9.47 Å². The third kappa shape index (κ3) is 5.40. The van der Waals surface area contributed by atoms with Gasteiger partial charge in [-0.3, -0.25) is 9.69 Å². The summed E-state index contributed by atoms with van der Waals surface area (Å²) in [4.78, 5) is 35.6. The molecule has 1 aliphatic heterocycles. The molecule has 3 atom stereocenters. The summed E-state index contributed by atoms with van der Waals surface area (Å²) < 4.78 is 10.7. The number of hydrogen-bond donors (Lipinski definition) is 2. The number of allylic oxidation sites excluding steroid dienone is 2. The van der Waals surface area contributed by atoms with Gasteiger partial charge in [0.25, 0.3) is 5.91 Å². The minimum atomic E-state index is -1.82. The van der Waals surface area contributed by atoms with Crippen LogP contribution in [0.2, 0.25) is 0 Å². The number of carbonyl (C=O) groups excluding carboxylic acids is 1. The van der Waals surface area contributed by atoms with Crippen molar-refractivity contribution < 1.29 is 34.1 Å². The van der Waals surface area contributed by atoms with Gasteiger partial charge in [0.05, 0.1) is 19.8 Å². The normalized spacial score (nSPS) is 23.9. The summed E-state index contributed by atoms with van der Waals surface area (Å²) in [6.07, 6.45) is 7.53. The Bertz CT molecular complexity index is 865. The van der Waals surface area contributed by atoms with Crippen LogP contribution in [0.4, 0.5) is 0 Å². The lowest BCUT2D eigenvalue weighted by atomic mass is 9.93. The number of methoxy groups -OCH3 is 2. The number of fused-ring (bicyclic) bond motifs is 2. The third-order valence-electron chi connectivity index (χ3n) is 6.38. The van der Waals surface area contributed by atoms with E-state index in [0.29, 0.717) is 17.1 Å². The molecule has 1 heterocycles. The summed E-state index contributed by atoms with van der Waals surface area (Å²) in [5.41, 5.74) is 0.582. The first kappa shape index (κ1) is 23.6. The second-order valence-corrected chi connectivity index (χ2v) is 8.28. The molecule has 1 saturated carbocycles. The maximum atomic E-state index is 13.0. The van der Waals surface area contributed by atoms with Gasteiger partial charge in [-0.15, -0.1) is 0 Å². The lowest BCUT2D eigenvalue weighted by molar-refractivity contribution is -0.159. The Morgan fingerprint density at radius 2 is 1.66 bits per heavy atom. The maximum absolute atomic E-state index is 13.0. The summed E-state index contributed by atoms with van der Waals surface area (Å²) in [6.45, 7) is 4.63. The summed E-state index contributed by atoms with van der Waals surface area (Å²) >= 11 is 0.